The number of aliphatic hydroxyl groups excluding tert-OH is 2. The highest BCUT2D eigenvalue weighted by atomic mass is 19.4. The number of hydrogen-bond donors (Lipinski definition) is 5. The average molecular weight is 582 g/mol. The molecule has 1 aliphatic heterocycles. The van der Waals surface area contributed by atoms with Crippen molar-refractivity contribution in [2.75, 3.05) is 40.9 Å². The Bertz CT molecular complexity index is 1440. The van der Waals surface area contributed by atoms with Gasteiger partial charge in [0.1, 0.15) is 22.8 Å². The van der Waals surface area contributed by atoms with Crippen LogP contribution in [0.25, 0.3) is 5.76 Å². The lowest BCUT2D eigenvalue weighted by atomic mass is 9.57. The van der Waals surface area contributed by atoms with E-state index in [1.807, 2.05) is 0 Å². The van der Waals surface area contributed by atoms with Crippen LogP contribution in [0.2, 0.25) is 0 Å². The number of aromatic hydroxyl groups is 1. The molecule has 2 fully saturated rings. The molecule has 5 atom stereocenters. The summed E-state index contributed by atoms with van der Waals surface area (Å²) in [6.45, 7) is 0.594. The minimum Gasteiger partial charge on any atom is -0.508 e. The molecule has 6 N–H and O–H groups in total. The van der Waals surface area contributed by atoms with Crippen LogP contribution in [0.1, 0.15) is 34.7 Å². The molecule has 41 heavy (non-hydrogen) atoms. The zero-order chi connectivity index (χ0) is 30.3. The molecule has 5 rings (SSSR count). The fourth-order valence-electron chi connectivity index (χ4n) is 6.96. The first-order chi connectivity index (χ1) is 19.0. The molecular formula is C27H30F3N3O8. The molecule has 1 aromatic carbocycles. The number of aliphatic hydroxyl groups is 3. The summed E-state index contributed by atoms with van der Waals surface area (Å²) < 4.78 is 49.6. The van der Waals surface area contributed by atoms with Gasteiger partial charge in [-0.05, 0) is 57.1 Å². The highest BCUT2D eigenvalue weighted by Crippen LogP contribution is 2.55. The van der Waals surface area contributed by atoms with Gasteiger partial charge in [0.25, 0.3) is 5.91 Å². The van der Waals surface area contributed by atoms with Crippen molar-refractivity contribution < 1.29 is 52.7 Å². The number of phenols is 1. The van der Waals surface area contributed by atoms with Crippen LogP contribution < -0.4 is 5.73 Å². The van der Waals surface area contributed by atoms with Crippen LogP contribution in [0.5, 0.6) is 5.75 Å². The number of morpholine rings is 1. The lowest BCUT2D eigenvalue weighted by Crippen LogP contribution is -2.65. The van der Waals surface area contributed by atoms with E-state index in [-0.39, 0.29) is 18.6 Å². The monoisotopic (exact) mass is 581 g/mol. The van der Waals surface area contributed by atoms with Gasteiger partial charge in [-0.1, -0.05) is 0 Å². The number of ketones is 2. The average Bonchev–Trinajstić information content (AvgIpc) is 2.85. The maximum Gasteiger partial charge on any atom is 0.417 e. The van der Waals surface area contributed by atoms with Crippen molar-refractivity contribution in [2.45, 2.75) is 36.7 Å². The van der Waals surface area contributed by atoms with Gasteiger partial charge in [0, 0.05) is 18.0 Å². The smallest absolute Gasteiger partial charge is 0.417 e. The number of benzene rings is 1. The number of fused-ring (bicyclic) bond motifs is 3. The number of primary amides is 1. The third-order valence-electron chi connectivity index (χ3n) is 8.79. The van der Waals surface area contributed by atoms with Crippen molar-refractivity contribution in [2.24, 2.45) is 17.6 Å². The summed E-state index contributed by atoms with van der Waals surface area (Å²) in [5.74, 6) is -9.13. The van der Waals surface area contributed by atoms with E-state index in [1.165, 1.54) is 19.0 Å². The third kappa shape index (κ3) is 4.07. The molecule has 0 bridgehead atoms. The highest BCUT2D eigenvalue weighted by Gasteiger charge is 2.64. The first-order valence-corrected chi connectivity index (χ1v) is 12.9. The van der Waals surface area contributed by atoms with Crippen molar-refractivity contribution in [3.05, 3.63) is 45.2 Å². The van der Waals surface area contributed by atoms with E-state index in [2.05, 4.69) is 0 Å². The number of likely N-dealkylation sites (N-methyl/N-ethyl adjacent to an activating group) is 2. The standard InChI is InChI=1S/C27H30F3N3O8/c1-32(2)20-13-7-10-6-12-17(15(34)8-11(19(12)27(28,29)30)14-9-41-5-4-33(14)3)21(35)16(10)23(37)26(13,40)24(38)18(22(20)36)25(31)39/h8,10,13-14,20,34-35,38,40H,4-7,9H2,1-3H3,(H2,31,39)/t10-,13-,14?,20-,26-/m0/s1. The van der Waals surface area contributed by atoms with Crippen LogP contribution >= 0.6 is 0 Å². The van der Waals surface area contributed by atoms with Crippen LogP contribution in [-0.4, -0.2) is 100 Å². The van der Waals surface area contributed by atoms with E-state index in [0.29, 0.717) is 13.2 Å². The van der Waals surface area contributed by atoms with E-state index >= 15 is 0 Å². The lowest BCUT2D eigenvalue weighted by Gasteiger charge is -2.50. The van der Waals surface area contributed by atoms with Gasteiger partial charge < -0.3 is 30.9 Å². The quantitative estimate of drug-likeness (QED) is 0.324. The number of hydrogen-bond acceptors (Lipinski definition) is 10. The van der Waals surface area contributed by atoms with Crippen LogP contribution in [0.15, 0.2) is 23.0 Å². The maximum absolute atomic E-state index is 14.7. The Hall–Kier alpha value is -3.46. The number of nitrogens with zero attached hydrogens (tertiary/aromatic N) is 2. The molecular weight excluding hydrogens is 551 g/mol. The zero-order valence-electron chi connectivity index (χ0n) is 22.4. The number of ether oxygens (including phenoxy) is 1. The summed E-state index contributed by atoms with van der Waals surface area (Å²) in [4.78, 5) is 42.1. The molecule has 4 aliphatic rings. The van der Waals surface area contributed by atoms with Crippen molar-refractivity contribution in [1.29, 1.82) is 0 Å². The number of alkyl halides is 3. The van der Waals surface area contributed by atoms with Crippen molar-refractivity contribution >= 4 is 23.2 Å². The van der Waals surface area contributed by atoms with E-state index in [0.717, 1.165) is 6.07 Å². The summed E-state index contributed by atoms with van der Waals surface area (Å²) in [6.07, 6.45) is -5.71. The van der Waals surface area contributed by atoms with E-state index in [9.17, 15) is 48.0 Å². The largest absolute Gasteiger partial charge is 0.508 e. The third-order valence-corrected chi connectivity index (χ3v) is 8.79. The van der Waals surface area contributed by atoms with Crippen LogP contribution in [0, 0.1) is 11.8 Å². The Morgan fingerprint density at radius 3 is 2.44 bits per heavy atom. The molecule has 0 aromatic heterocycles. The summed E-state index contributed by atoms with van der Waals surface area (Å²) in [6, 6.07) is -1.31. The number of carbonyl (C=O) groups is 3. The van der Waals surface area contributed by atoms with Gasteiger partial charge in [0.15, 0.2) is 11.4 Å². The SMILES string of the molecule is CN1CCOCC1c1cc(O)c2c(c1C(F)(F)F)C[C@H]1C[C@H]3[C@H](N(C)C)C(=O)C(C(N)=O)=C(O)[C@@]3(O)C(=O)C1=C2O. The number of carbonyl (C=O) groups excluding carboxylic acids is 3. The number of phenolic OH excluding ortho intramolecular Hbond substituents is 1. The second-order valence-corrected chi connectivity index (χ2v) is 11.2. The van der Waals surface area contributed by atoms with Gasteiger partial charge in [-0.25, -0.2) is 0 Å². The predicted molar refractivity (Wildman–Crippen MR) is 135 cm³/mol. The maximum atomic E-state index is 14.7. The van der Waals surface area contributed by atoms with Gasteiger partial charge in [-0.15, -0.1) is 0 Å². The number of amides is 1. The minimum atomic E-state index is -4.92. The topological polar surface area (TPSA) is 174 Å². The fourth-order valence-corrected chi connectivity index (χ4v) is 6.96. The Morgan fingerprint density at radius 2 is 1.88 bits per heavy atom. The number of halogens is 3. The van der Waals surface area contributed by atoms with Crippen molar-refractivity contribution in [1.82, 2.24) is 9.80 Å². The predicted octanol–water partition coefficient (Wildman–Crippen LogP) is 0.986. The summed E-state index contributed by atoms with van der Waals surface area (Å²) in [5.41, 5.74) is -1.46. The van der Waals surface area contributed by atoms with Crippen LogP contribution in [0.4, 0.5) is 13.2 Å². The van der Waals surface area contributed by atoms with E-state index in [1.54, 1.807) is 11.9 Å². The zero-order valence-corrected chi connectivity index (χ0v) is 22.4. The normalized spacial score (nSPS) is 30.8. The van der Waals surface area contributed by atoms with Gasteiger partial charge >= 0.3 is 6.18 Å². The Labute approximate surface area is 232 Å². The molecule has 1 saturated heterocycles. The first kappa shape index (κ1) is 29.0. The highest BCUT2D eigenvalue weighted by molar-refractivity contribution is 6.24. The molecule has 3 aliphatic carbocycles. The molecule has 1 heterocycles. The molecule has 0 radical (unpaired) electrons. The Kier molecular flexibility index (Phi) is 6.76. The van der Waals surface area contributed by atoms with Gasteiger partial charge in [-0.3, -0.25) is 24.2 Å². The van der Waals surface area contributed by atoms with Crippen LogP contribution in [0.3, 0.4) is 0 Å². The molecule has 1 saturated carbocycles. The second kappa shape index (κ2) is 9.54. The molecule has 11 nitrogen and oxygen atoms in total. The van der Waals surface area contributed by atoms with Gasteiger partial charge in [-0.2, -0.15) is 13.2 Å². The van der Waals surface area contributed by atoms with Gasteiger partial charge in [0.05, 0.1) is 36.4 Å². The Morgan fingerprint density at radius 1 is 1.22 bits per heavy atom. The van der Waals surface area contributed by atoms with Crippen molar-refractivity contribution in [3.8, 4) is 5.75 Å². The summed E-state index contributed by atoms with van der Waals surface area (Å²) in [5, 5.41) is 44.7. The van der Waals surface area contributed by atoms with E-state index < -0.39 is 105 Å². The molecule has 14 heteroatoms. The van der Waals surface area contributed by atoms with E-state index in [4.69, 9.17) is 10.5 Å². The molecule has 1 unspecified atom stereocenters. The fraction of sp³-hybridized carbons (Fsp3) is 0.519. The minimum absolute atomic E-state index is 0.0671. The number of nitrogens with two attached hydrogens (primary N) is 1. The van der Waals surface area contributed by atoms with Crippen LogP contribution in [-0.2, 0) is 31.7 Å². The number of Topliss-reactive ketones (excluding diaryl/α,β-unsaturated/α-hetero) is 2. The molecule has 1 amide bonds. The van der Waals surface area contributed by atoms with Gasteiger partial charge in [0.2, 0.25) is 5.78 Å². The summed E-state index contributed by atoms with van der Waals surface area (Å²) >= 11 is 0. The Balaban J connectivity index is 1.76. The molecule has 1 aromatic rings. The number of rotatable bonds is 3. The second-order valence-electron chi connectivity index (χ2n) is 11.2. The first-order valence-electron chi connectivity index (χ1n) is 12.9. The lowest BCUT2D eigenvalue weighted by molar-refractivity contribution is -0.153. The molecule has 0 spiro atoms. The summed E-state index contributed by atoms with van der Waals surface area (Å²) in [7, 11) is 4.49. The van der Waals surface area contributed by atoms with Crippen molar-refractivity contribution in [3.63, 3.8) is 0 Å². The molecule has 222 valence electrons.